The first-order chi connectivity index (χ1) is 6.75. The predicted molar refractivity (Wildman–Crippen MR) is 62.4 cm³/mol. The van der Waals surface area contributed by atoms with Gasteiger partial charge in [0.15, 0.2) is 0 Å². The third-order valence-corrected chi connectivity index (χ3v) is 4.01. The summed E-state index contributed by atoms with van der Waals surface area (Å²) in [6.45, 7) is 4.27. The van der Waals surface area contributed by atoms with Gasteiger partial charge < -0.3 is 5.73 Å². The standard InChI is InChI=1S/C9H21N3O2S/c1-8(2)5-7-15(13,14)12(3)6-4-9(10)11/h8H,4-7H2,1-3H3,(H3,10,11). The molecule has 0 aromatic rings. The molecule has 0 radical (unpaired) electrons. The molecule has 0 atom stereocenters. The third-order valence-electron chi connectivity index (χ3n) is 2.12. The lowest BCUT2D eigenvalue weighted by molar-refractivity contribution is 0.471. The van der Waals surface area contributed by atoms with Crippen molar-refractivity contribution in [2.24, 2.45) is 11.7 Å². The minimum Gasteiger partial charge on any atom is -0.388 e. The SMILES string of the molecule is CC(C)CCS(=O)(=O)N(C)CCC(=N)N. The van der Waals surface area contributed by atoms with Gasteiger partial charge in [0.05, 0.1) is 11.6 Å². The molecule has 6 heteroatoms. The first-order valence-electron chi connectivity index (χ1n) is 5.02. The van der Waals surface area contributed by atoms with E-state index in [1.165, 1.54) is 11.4 Å². The normalized spacial score (nSPS) is 12.3. The summed E-state index contributed by atoms with van der Waals surface area (Å²) in [7, 11) is -1.64. The van der Waals surface area contributed by atoms with Crippen molar-refractivity contribution >= 4 is 15.9 Å². The Morgan fingerprint density at radius 2 is 2.00 bits per heavy atom. The molecule has 0 saturated heterocycles. The zero-order valence-corrected chi connectivity index (χ0v) is 10.5. The maximum absolute atomic E-state index is 11.7. The van der Waals surface area contributed by atoms with Crippen molar-refractivity contribution in [2.45, 2.75) is 26.7 Å². The molecule has 3 N–H and O–H groups in total. The van der Waals surface area contributed by atoms with Crippen molar-refractivity contribution < 1.29 is 8.42 Å². The Labute approximate surface area is 92.2 Å². The van der Waals surface area contributed by atoms with Crippen molar-refractivity contribution in [3.8, 4) is 0 Å². The van der Waals surface area contributed by atoms with E-state index in [2.05, 4.69) is 0 Å². The highest BCUT2D eigenvalue weighted by Crippen LogP contribution is 2.06. The molecule has 0 aliphatic rings. The fourth-order valence-electron chi connectivity index (χ4n) is 0.957. The van der Waals surface area contributed by atoms with Gasteiger partial charge in [0.25, 0.3) is 0 Å². The first-order valence-corrected chi connectivity index (χ1v) is 6.63. The molecule has 0 aromatic heterocycles. The van der Waals surface area contributed by atoms with Gasteiger partial charge in [-0.25, -0.2) is 12.7 Å². The second-order valence-electron chi connectivity index (χ2n) is 4.10. The molecule has 0 saturated carbocycles. The number of nitrogens with one attached hydrogen (secondary N) is 1. The molecule has 0 aliphatic heterocycles. The Balaban J connectivity index is 4.14. The Morgan fingerprint density at radius 3 is 2.40 bits per heavy atom. The summed E-state index contributed by atoms with van der Waals surface area (Å²) in [5.74, 6) is 0.556. The molecule has 0 fully saturated rings. The van der Waals surface area contributed by atoms with E-state index in [0.29, 0.717) is 12.3 Å². The lowest BCUT2D eigenvalue weighted by Gasteiger charge is -2.17. The van der Waals surface area contributed by atoms with Crippen LogP contribution in [0.15, 0.2) is 0 Å². The van der Waals surface area contributed by atoms with Gasteiger partial charge in [0, 0.05) is 20.0 Å². The Hall–Kier alpha value is -0.620. The van der Waals surface area contributed by atoms with Crippen LogP contribution in [0.1, 0.15) is 26.7 Å². The molecule has 0 aromatic carbocycles. The number of hydrogen-bond donors (Lipinski definition) is 2. The van der Waals surface area contributed by atoms with Crippen LogP contribution in [0.25, 0.3) is 0 Å². The fourth-order valence-corrected chi connectivity index (χ4v) is 2.41. The molecule has 0 amide bonds. The summed E-state index contributed by atoms with van der Waals surface area (Å²) < 4.78 is 24.6. The molecule has 15 heavy (non-hydrogen) atoms. The number of nitrogens with zero attached hydrogens (tertiary/aromatic N) is 1. The van der Waals surface area contributed by atoms with E-state index >= 15 is 0 Å². The van der Waals surface area contributed by atoms with Gasteiger partial charge in [0.2, 0.25) is 10.0 Å². The zero-order chi connectivity index (χ0) is 12.1. The van der Waals surface area contributed by atoms with Gasteiger partial charge in [-0.05, 0) is 12.3 Å². The van der Waals surface area contributed by atoms with E-state index in [1.807, 2.05) is 13.8 Å². The number of amidine groups is 1. The van der Waals surface area contributed by atoms with Crippen LogP contribution in [0.2, 0.25) is 0 Å². The van der Waals surface area contributed by atoms with E-state index in [4.69, 9.17) is 11.1 Å². The maximum atomic E-state index is 11.7. The van der Waals surface area contributed by atoms with Crippen molar-refractivity contribution in [3.63, 3.8) is 0 Å². The van der Waals surface area contributed by atoms with Crippen LogP contribution in [0, 0.1) is 11.3 Å². The van der Waals surface area contributed by atoms with E-state index in [9.17, 15) is 8.42 Å². The van der Waals surface area contributed by atoms with Crippen molar-refractivity contribution in [2.75, 3.05) is 19.3 Å². The highest BCUT2D eigenvalue weighted by molar-refractivity contribution is 7.89. The highest BCUT2D eigenvalue weighted by Gasteiger charge is 2.17. The predicted octanol–water partition coefficient (Wildman–Crippen LogP) is 0.620. The van der Waals surface area contributed by atoms with Gasteiger partial charge in [-0.15, -0.1) is 0 Å². The van der Waals surface area contributed by atoms with Crippen LogP contribution in [-0.2, 0) is 10.0 Å². The Morgan fingerprint density at radius 1 is 1.47 bits per heavy atom. The van der Waals surface area contributed by atoms with Crippen molar-refractivity contribution in [1.82, 2.24) is 4.31 Å². The first kappa shape index (κ1) is 14.4. The van der Waals surface area contributed by atoms with Crippen LogP contribution in [0.3, 0.4) is 0 Å². The van der Waals surface area contributed by atoms with Crippen LogP contribution < -0.4 is 5.73 Å². The minimum atomic E-state index is -3.17. The second-order valence-corrected chi connectivity index (χ2v) is 6.29. The molecule has 0 unspecified atom stereocenters. The fraction of sp³-hybridized carbons (Fsp3) is 0.889. The van der Waals surface area contributed by atoms with E-state index in [-0.39, 0.29) is 24.6 Å². The Kier molecular flexibility index (Phi) is 5.82. The molecule has 90 valence electrons. The number of nitrogens with two attached hydrogens (primary N) is 1. The third kappa shape index (κ3) is 6.46. The number of sulfonamides is 1. The number of rotatable bonds is 7. The van der Waals surface area contributed by atoms with Gasteiger partial charge >= 0.3 is 0 Å². The van der Waals surface area contributed by atoms with Crippen LogP contribution in [0.5, 0.6) is 0 Å². The summed E-state index contributed by atoms with van der Waals surface area (Å²) in [6.07, 6.45) is 0.949. The highest BCUT2D eigenvalue weighted by atomic mass is 32.2. The van der Waals surface area contributed by atoms with Gasteiger partial charge in [-0.2, -0.15) is 0 Å². The average Bonchev–Trinajstić information content (AvgIpc) is 2.11. The summed E-state index contributed by atoms with van der Waals surface area (Å²) in [5, 5.41) is 7.02. The quantitative estimate of drug-likeness (QED) is 0.501. The molecular formula is C9H21N3O2S. The monoisotopic (exact) mass is 235 g/mol. The number of hydrogen-bond acceptors (Lipinski definition) is 3. The smallest absolute Gasteiger partial charge is 0.213 e. The average molecular weight is 235 g/mol. The van der Waals surface area contributed by atoms with Gasteiger partial charge in [-0.1, -0.05) is 13.8 Å². The topological polar surface area (TPSA) is 87.2 Å². The maximum Gasteiger partial charge on any atom is 0.213 e. The lowest BCUT2D eigenvalue weighted by atomic mass is 10.2. The van der Waals surface area contributed by atoms with Crippen LogP contribution in [-0.4, -0.2) is 37.9 Å². The van der Waals surface area contributed by atoms with Gasteiger partial charge in [0.1, 0.15) is 0 Å². The summed E-state index contributed by atoms with van der Waals surface area (Å²) in [5.41, 5.74) is 5.17. The molecule has 5 nitrogen and oxygen atoms in total. The summed E-state index contributed by atoms with van der Waals surface area (Å²) >= 11 is 0. The molecule has 0 aliphatic carbocycles. The second kappa shape index (κ2) is 6.07. The van der Waals surface area contributed by atoms with Gasteiger partial charge in [-0.3, -0.25) is 5.41 Å². The largest absolute Gasteiger partial charge is 0.388 e. The molecule has 0 spiro atoms. The van der Waals surface area contributed by atoms with Crippen LogP contribution in [0.4, 0.5) is 0 Å². The zero-order valence-electron chi connectivity index (χ0n) is 9.66. The summed E-state index contributed by atoms with van der Waals surface area (Å²) in [6, 6.07) is 0. The molecule has 0 heterocycles. The molecule has 0 rings (SSSR count). The van der Waals surface area contributed by atoms with E-state index in [0.717, 1.165) is 0 Å². The Bertz CT molecular complexity index is 298. The van der Waals surface area contributed by atoms with E-state index < -0.39 is 10.0 Å². The summed E-state index contributed by atoms with van der Waals surface area (Å²) in [4.78, 5) is 0. The minimum absolute atomic E-state index is 0.0147. The van der Waals surface area contributed by atoms with Crippen LogP contribution >= 0.6 is 0 Å². The van der Waals surface area contributed by atoms with Crippen molar-refractivity contribution in [1.29, 1.82) is 5.41 Å². The van der Waals surface area contributed by atoms with E-state index in [1.54, 1.807) is 0 Å². The van der Waals surface area contributed by atoms with Crippen molar-refractivity contribution in [3.05, 3.63) is 0 Å². The molecule has 0 bridgehead atoms. The molecular weight excluding hydrogens is 214 g/mol. The lowest BCUT2D eigenvalue weighted by Crippen LogP contribution is -2.32.